The highest BCUT2D eigenvalue weighted by molar-refractivity contribution is 6.25. The maximum absolute atomic E-state index is 13.1. The van der Waals surface area contributed by atoms with Gasteiger partial charge >= 0.3 is 0 Å². The van der Waals surface area contributed by atoms with E-state index < -0.39 is 0 Å². The highest BCUT2D eigenvalue weighted by Gasteiger charge is 2.51. The van der Waals surface area contributed by atoms with E-state index in [2.05, 4.69) is 5.32 Å². The first-order valence-electron chi connectivity index (χ1n) is 9.91. The molecule has 1 N–H and O–H groups in total. The van der Waals surface area contributed by atoms with Gasteiger partial charge in [-0.3, -0.25) is 14.4 Å². The number of nitrogens with one attached hydrogen (secondary N) is 1. The third-order valence-electron chi connectivity index (χ3n) is 6.12. The molecule has 2 aromatic rings. The topological polar surface area (TPSA) is 66.5 Å². The number of anilines is 2. The zero-order valence-corrected chi connectivity index (χ0v) is 16.8. The van der Waals surface area contributed by atoms with Crippen LogP contribution in [0.25, 0.3) is 0 Å². The van der Waals surface area contributed by atoms with E-state index in [1.807, 2.05) is 51.1 Å². The average molecular weight is 388 g/mol. The Morgan fingerprint density at radius 1 is 1.03 bits per heavy atom. The Balaban J connectivity index is 1.69. The van der Waals surface area contributed by atoms with Crippen molar-refractivity contribution in [2.24, 2.45) is 17.8 Å². The minimum Gasteiger partial charge on any atom is -0.322 e. The van der Waals surface area contributed by atoms with Gasteiger partial charge in [0.15, 0.2) is 0 Å². The number of nitrogens with zero attached hydrogens (tertiary/aromatic N) is 1. The van der Waals surface area contributed by atoms with Gasteiger partial charge in [-0.1, -0.05) is 43.3 Å². The second kappa shape index (κ2) is 7.32. The van der Waals surface area contributed by atoms with E-state index in [0.717, 1.165) is 16.8 Å². The van der Waals surface area contributed by atoms with Gasteiger partial charge in [-0.25, -0.2) is 4.90 Å². The Hall–Kier alpha value is -3.21. The van der Waals surface area contributed by atoms with Crippen molar-refractivity contribution in [1.29, 1.82) is 0 Å². The van der Waals surface area contributed by atoms with Crippen molar-refractivity contribution in [3.05, 3.63) is 71.3 Å². The maximum atomic E-state index is 13.1. The Bertz CT molecular complexity index is 1040. The Morgan fingerprint density at radius 2 is 1.79 bits per heavy atom. The van der Waals surface area contributed by atoms with Crippen molar-refractivity contribution < 1.29 is 14.4 Å². The molecule has 0 bridgehead atoms. The van der Waals surface area contributed by atoms with E-state index >= 15 is 0 Å². The lowest BCUT2D eigenvalue weighted by Gasteiger charge is -2.22. The number of fused-ring (bicyclic) bond motifs is 1. The lowest BCUT2D eigenvalue weighted by Crippen LogP contribution is -2.33. The van der Waals surface area contributed by atoms with Crippen molar-refractivity contribution >= 4 is 29.1 Å². The van der Waals surface area contributed by atoms with Gasteiger partial charge in [-0.15, -0.1) is 0 Å². The van der Waals surface area contributed by atoms with E-state index in [-0.39, 0.29) is 35.5 Å². The minimum atomic E-state index is -0.359. The van der Waals surface area contributed by atoms with Gasteiger partial charge in [0, 0.05) is 5.69 Å². The molecule has 4 rings (SSSR count). The molecule has 0 radical (unpaired) electrons. The summed E-state index contributed by atoms with van der Waals surface area (Å²) >= 11 is 0. The van der Waals surface area contributed by atoms with Crippen LogP contribution in [0.4, 0.5) is 11.4 Å². The molecule has 1 fully saturated rings. The Labute approximate surface area is 170 Å². The number of imide groups is 1. The number of para-hydroxylation sites is 1. The molecule has 29 heavy (non-hydrogen) atoms. The summed E-state index contributed by atoms with van der Waals surface area (Å²) in [5.41, 5.74) is 3.45. The number of hydrogen-bond acceptors (Lipinski definition) is 3. The SMILES string of the molecule is Cc1cccc(NC(=O)c2ccccc2N2C(=O)[C@@H]3[C@@H](C)C=CC[C@H]3C2=O)c1C. The van der Waals surface area contributed by atoms with Gasteiger partial charge in [0.05, 0.1) is 23.1 Å². The van der Waals surface area contributed by atoms with E-state index in [4.69, 9.17) is 0 Å². The van der Waals surface area contributed by atoms with Crippen LogP contribution in [0.1, 0.15) is 34.8 Å². The normalized spacial score (nSPS) is 23.3. The monoisotopic (exact) mass is 388 g/mol. The van der Waals surface area contributed by atoms with Crippen molar-refractivity contribution in [2.75, 3.05) is 10.2 Å². The molecule has 0 saturated carbocycles. The van der Waals surface area contributed by atoms with E-state index in [1.165, 1.54) is 4.90 Å². The number of rotatable bonds is 3. The molecule has 1 aliphatic carbocycles. The predicted octanol–water partition coefficient (Wildman–Crippen LogP) is 4.26. The summed E-state index contributed by atoms with van der Waals surface area (Å²) in [6, 6.07) is 12.5. The standard InChI is InChI=1S/C24H24N2O3/c1-14-8-7-12-19(16(14)3)25-22(27)17-10-4-5-13-20(17)26-23(28)18-11-6-9-15(2)21(18)24(26)29/h4-10,12-13,15,18,21H,11H2,1-3H3,(H,25,27)/t15-,18+,21+/m0/s1. The number of aryl methyl sites for hydroxylation is 1. The van der Waals surface area contributed by atoms with E-state index in [0.29, 0.717) is 17.7 Å². The quantitative estimate of drug-likeness (QED) is 0.631. The number of carbonyl (C=O) groups excluding carboxylic acids is 3. The number of benzene rings is 2. The van der Waals surface area contributed by atoms with Crippen LogP contribution in [0, 0.1) is 31.6 Å². The molecule has 0 unspecified atom stereocenters. The molecule has 148 valence electrons. The van der Waals surface area contributed by atoms with Crippen LogP contribution in [0.15, 0.2) is 54.6 Å². The van der Waals surface area contributed by atoms with Crippen LogP contribution in [0.2, 0.25) is 0 Å². The molecule has 3 atom stereocenters. The van der Waals surface area contributed by atoms with Crippen molar-refractivity contribution in [3.63, 3.8) is 0 Å². The summed E-state index contributed by atoms with van der Waals surface area (Å²) in [5.74, 6) is -1.48. The van der Waals surface area contributed by atoms with E-state index in [9.17, 15) is 14.4 Å². The van der Waals surface area contributed by atoms with Crippen LogP contribution in [0.5, 0.6) is 0 Å². The van der Waals surface area contributed by atoms with E-state index in [1.54, 1.807) is 24.3 Å². The average Bonchev–Trinajstić information content (AvgIpc) is 2.97. The number of carbonyl (C=O) groups is 3. The molecule has 5 nitrogen and oxygen atoms in total. The molecule has 0 spiro atoms. The third kappa shape index (κ3) is 3.16. The fraction of sp³-hybridized carbons (Fsp3) is 0.292. The van der Waals surface area contributed by atoms with Crippen LogP contribution in [-0.4, -0.2) is 17.7 Å². The molecule has 5 heteroatoms. The summed E-state index contributed by atoms with van der Waals surface area (Å²) in [7, 11) is 0. The molecule has 1 aliphatic heterocycles. The predicted molar refractivity (Wildman–Crippen MR) is 113 cm³/mol. The molecule has 2 aromatic carbocycles. The molecular formula is C24H24N2O3. The fourth-order valence-corrected chi connectivity index (χ4v) is 4.32. The van der Waals surface area contributed by atoms with Gasteiger partial charge in [-0.2, -0.15) is 0 Å². The van der Waals surface area contributed by atoms with Crippen LogP contribution >= 0.6 is 0 Å². The van der Waals surface area contributed by atoms with Crippen LogP contribution in [0.3, 0.4) is 0 Å². The summed E-state index contributed by atoms with van der Waals surface area (Å²) in [6.07, 6.45) is 4.53. The Kier molecular flexibility index (Phi) is 4.82. The largest absolute Gasteiger partial charge is 0.322 e. The van der Waals surface area contributed by atoms with Crippen LogP contribution < -0.4 is 10.2 Å². The lowest BCUT2D eigenvalue weighted by molar-refractivity contribution is -0.122. The summed E-state index contributed by atoms with van der Waals surface area (Å²) < 4.78 is 0. The van der Waals surface area contributed by atoms with Crippen molar-refractivity contribution in [1.82, 2.24) is 0 Å². The molecule has 1 heterocycles. The summed E-state index contributed by atoms with van der Waals surface area (Å²) in [4.78, 5) is 40.5. The number of amides is 3. The minimum absolute atomic E-state index is 0.00568. The second-order valence-electron chi connectivity index (χ2n) is 7.89. The van der Waals surface area contributed by atoms with Crippen LogP contribution in [-0.2, 0) is 9.59 Å². The molecule has 3 amide bonds. The highest BCUT2D eigenvalue weighted by atomic mass is 16.2. The lowest BCUT2D eigenvalue weighted by atomic mass is 9.78. The number of hydrogen-bond donors (Lipinski definition) is 1. The third-order valence-corrected chi connectivity index (χ3v) is 6.12. The molecule has 0 aromatic heterocycles. The summed E-state index contributed by atoms with van der Waals surface area (Å²) in [6.45, 7) is 5.89. The highest BCUT2D eigenvalue weighted by Crippen LogP contribution is 2.41. The smallest absolute Gasteiger partial charge is 0.257 e. The molecular weight excluding hydrogens is 364 g/mol. The van der Waals surface area contributed by atoms with Gasteiger partial charge in [-0.05, 0) is 55.5 Å². The van der Waals surface area contributed by atoms with Crippen molar-refractivity contribution in [2.45, 2.75) is 27.2 Å². The first kappa shape index (κ1) is 19.1. The molecule has 1 saturated heterocycles. The summed E-state index contributed by atoms with van der Waals surface area (Å²) in [5, 5.41) is 2.93. The zero-order valence-electron chi connectivity index (χ0n) is 16.8. The van der Waals surface area contributed by atoms with Gasteiger partial charge < -0.3 is 5.32 Å². The van der Waals surface area contributed by atoms with Gasteiger partial charge in [0.2, 0.25) is 11.8 Å². The zero-order chi connectivity index (χ0) is 20.7. The Morgan fingerprint density at radius 3 is 2.55 bits per heavy atom. The van der Waals surface area contributed by atoms with Crippen molar-refractivity contribution in [3.8, 4) is 0 Å². The first-order valence-corrected chi connectivity index (χ1v) is 9.91. The van der Waals surface area contributed by atoms with Gasteiger partial charge in [0.1, 0.15) is 0 Å². The maximum Gasteiger partial charge on any atom is 0.257 e. The second-order valence-corrected chi connectivity index (χ2v) is 7.89. The first-order chi connectivity index (χ1) is 13.9. The fourth-order valence-electron chi connectivity index (χ4n) is 4.32. The molecule has 2 aliphatic rings. The van der Waals surface area contributed by atoms with Gasteiger partial charge in [0.25, 0.3) is 5.91 Å². The number of allylic oxidation sites excluding steroid dienone is 2.